The van der Waals surface area contributed by atoms with Gasteiger partial charge >= 0.3 is 0 Å². The van der Waals surface area contributed by atoms with Crippen LogP contribution in [0, 0.1) is 17.8 Å². The van der Waals surface area contributed by atoms with Crippen LogP contribution in [-0.4, -0.2) is 10.7 Å². The Morgan fingerprint density at radius 1 is 1.64 bits per heavy atom. The van der Waals surface area contributed by atoms with Crippen molar-refractivity contribution in [2.24, 2.45) is 5.41 Å². The molecule has 62 valence electrons. The molecule has 0 aliphatic heterocycles. The van der Waals surface area contributed by atoms with Gasteiger partial charge in [0.2, 0.25) is 0 Å². The van der Waals surface area contributed by atoms with E-state index in [9.17, 15) is 5.11 Å². The van der Waals surface area contributed by atoms with Gasteiger partial charge in [0.25, 0.3) is 0 Å². The number of aliphatic hydroxyl groups is 1. The third-order valence-corrected chi connectivity index (χ3v) is 3.06. The van der Waals surface area contributed by atoms with Crippen molar-refractivity contribution < 1.29 is 5.11 Å². The summed E-state index contributed by atoms with van der Waals surface area (Å²) in [6, 6.07) is 0. The maximum atomic E-state index is 9.95. The van der Waals surface area contributed by atoms with Gasteiger partial charge in [0.15, 0.2) is 0 Å². The minimum Gasteiger partial charge on any atom is -0.390 e. The predicted molar refractivity (Wildman–Crippen MR) is 46.0 cm³/mol. The van der Waals surface area contributed by atoms with E-state index >= 15 is 0 Å². The van der Waals surface area contributed by atoms with E-state index in [0.717, 1.165) is 19.3 Å². The second kappa shape index (κ2) is 2.53. The standard InChI is InChI=1S/C10H16O/c1-4-5-6-10(3,11)9(2)7-8-9/h1,11H,5-8H2,2-3H3. The van der Waals surface area contributed by atoms with Gasteiger partial charge in [-0.25, -0.2) is 0 Å². The molecule has 1 atom stereocenters. The molecular formula is C10H16O. The number of rotatable bonds is 3. The van der Waals surface area contributed by atoms with Gasteiger partial charge in [-0.15, -0.1) is 12.3 Å². The fourth-order valence-corrected chi connectivity index (χ4v) is 1.34. The molecular weight excluding hydrogens is 136 g/mol. The topological polar surface area (TPSA) is 20.2 Å². The molecule has 0 heterocycles. The first-order chi connectivity index (χ1) is 5.02. The lowest BCUT2D eigenvalue weighted by molar-refractivity contribution is -0.0138. The van der Waals surface area contributed by atoms with Gasteiger partial charge in [-0.3, -0.25) is 0 Å². The first kappa shape index (κ1) is 8.62. The quantitative estimate of drug-likeness (QED) is 0.613. The summed E-state index contributed by atoms with van der Waals surface area (Å²) in [5.41, 5.74) is -0.386. The Balaban J connectivity index is 2.47. The number of hydrogen-bond donors (Lipinski definition) is 1. The van der Waals surface area contributed by atoms with Crippen molar-refractivity contribution in [3.63, 3.8) is 0 Å². The molecule has 1 aliphatic rings. The van der Waals surface area contributed by atoms with Crippen molar-refractivity contribution in [1.29, 1.82) is 0 Å². The molecule has 0 spiro atoms. The second-order valence-corrected chi connectivity index (χ2v) is 4.04. The van der Waals surface area contributed by atoms with E-state index in [1.165, 1.54) is 0 Å². The summed E-state index contributed by atoms with van der Waals surface area (Å²) in [6.07, 6.45) is 8.84. The summed E-state index contributed by atoms with van der Waals surface area (Å²) >= 11 is 0. The molecule has 0 amide bonds. The Labute approximate surface area is 68.8 Å². The van der Waals surface area contributed by atoms with Gasteiger partial charge in [-0.2, -0.15) is 0 Å². The maximum absolute atomic E-state index is 9.95. The minimum absolute atomic E-state index is 0.157. The van der Waals surface area contributed by atoms with Gasteiger partial charge in [0.1, 0.15) is 0 Å². The molecule has 0 radical (unpaired) electrons. The van der Waals surface area contributed by atoms with Crippen LogP contribution in [-0.2, 0) is 0 Å². The summed E-state index contributed by atoms with van der Waals surface area (Å²) < 4.78 is 0. The molecule has 1 N–H and O–H groups in total. The maximum Gasteiger partial charge on any atom is 0.0682 e. The van der Waals surface area contributed by atoms with Gasteiger partial charge in [0.05, 0.1) is 5.60 Å². The summed E-state index contributed by atoms with van der Waals surface area (Å²) in [4.78, 5) is 0. The van der Waals surface area contributed by atoms with E-state index in [4.69, 9.17) is 6.42 Å². The van der Waals surface area contributed by atoms with Crippen LogP contribution in [0.3, 0.4) is 0 Å². The van der Waals surface area contributed by atoms with E-state index in [-0.39, 0.29) is 5.41 Å². The van der Waals surface area contributed by atoms with Crippen molar-refractivity contribution in [2.45, 2.75) is 45.1 Å². The molecule has 0 saturated heterocycles. The lowest BCUT2D eigenvalue weighted by Gasteiger charge is -2.29. The van der Waals surface area contributed by atoms with Crippen molar-refractivity contribution in [2.75, 3.05) is 0 Å². The lowest BCUT2D eigenvalue weighted by atomic mass is 9.84. The zero-order chi connectivity index (χ0) is 8.54. The van der Waals surface area contributed by atoms with Crippen LogP contribution >= 0.6 is 0 Å². The Bertz CT molecular complexity index is 182. The molecule has 1 fully saturated rings. The van der Waals surface area contributed by atoms with Gasteiger partial charge < -0.3 is 5.11 Å². The molecule has 1 aliphatic carbocycles. The fourth-order valence-electron chi connectivity index (χ4n) is 1.34. The Morgan fingerprint density at radius 3 is 2.55 bits per heavy atom. The third kappa shape index (κ3) is 1.57. The lowest BCUT2D eigenvalue weighted by Crippen LogP contribution is -2.34. The van der Waals surface area contributed by atoms with Crippen molar-refractivity contribution >= 4 is 0 Å². The molecule has 0 aromatic rings. The van der Waals surface area contributed by atoms with Crippen LogP contribution in [0.25, 0.3) is 0 Å². The van der Waals surface area contributed by atoms with Crippen LogP contribution in [0.15, 0.2) is 0 Å². The average Bonchev–Trinajstić information content (AvgIpc) is 2.65. The van der Waals surface area contributed by atoms with E-state index in [1.807, 2.05) is 6.92 Å². The highest BCUT2D eigenvalue weighted by Gasteiger charge is 2.51. The van der Waals surface area contributed by atoms with Crippen LogP contribution in [0.5, 0.6) is 0 Å². The Kier molecular flexibility index (Phi) is 1.98. The van der Waals surface area contributed by atoms with Crippen LogP contribution in [0.2, 0.25) is 0 Å². The first-order valence-corrected chi connectivity index (χ1v) is 4.18. The molecule has 0 aromatic heterocycles. The normalized spacial score (nSPS) is 25.3. The highest BCUT2D eigenvalue weighted by molar-refractivity contribution is 5.04. The zero-order valence-electron chi connectivity index (χ0n) is 7.35. The van der Waals surface area contributed by atoms with E-state index in [0.29, 0.717) is 6.42 Å². The van der Waals surface area contributed by atoms with Crippen molar-refractivity contribution in [1.82, 2.24) is 0 Å². The van der Waals surface area contributed by atoms with Gasteiger partial charge in [-0.05, 0) is 31.6 Å². The molecule has 0 aromatic carbocycles. The summed E-state index contributed by atoms with van der Waals surface area (Å²) in [5.74, 6) is 2.56. The summed E-state index contributed by atoms with van der Waals surface area (Å²) in [6.45, 7) is 4.03. The van der Waals surface area contributed by atoms with Crippen LogP contribution < -0.4 is 0 Å². The van der Waals surface area contributed by atoms with Gasteiger partial charge in [0, 0.05) is 6.42 Å². The predicted octanol–water partition coefficient (Wildman–Crippen LogP) is 1.95. The van der Waals surface area contributed by atoms with E-state index in [1.54, 1.807) is 0 Å². The smallest absolute Gasteiger partial charge is 0.0682 e. The fraction of sp³-hybridized carbons (Fsp3) is 0.800. The Morgan fingerprint density at radius 2 is 2.18 bits per heavy atom. The largest absolute Gasteiger partial charge is 0.390 e. The molecule has 1 saturated carbocycles. The van der Waals surface area contributed by atoms with Crippen molar-refractivity contribution in [3.05, 3.63) is 0 Å². The summed E-state index contributed by atoms with van der Waals surface area (Å²) in [5, 5.41) is 9.95. The highest BCUT2D eigenvalue weighted by Crippen LogP contribution is 2.54. The molecule has 1 nitrogen and oxygen atoms in total. The van der Waals surface area contributed by atoms with E-state index < -0.39 is 5.60 Å². The summed E-state index contributed by atoms with van der Waals surface area (Å²) in [7, 11) is 0. The third-order valence-electron chi connectivity index (χ3n) is 3.06. The molecule has 0 bridgehead atoms. The second-order valence-electron chi connectivity index (χ2n) is 4.04. The van der Waals surface area contributed by atoms with Crippen LogP contribution in [0.1, 0.15) is 39.5 Å². The highest BCUT2D eigenvalue weighted by atomic mass is 16.3. The monoisotopic (exact) mass is 152 g/mol. The number of terminal acetylenes is 1. The first-order valence-electron chi connectivity index (χ1n) is 4.18. The molecule has 11 heavy (non-hydrogen) atoms. The molecule has 1 unspecified atom stereocenters. The molecule has 1 rings (SSSR count). The zero-order valence-corrected chi connectivity index (χ0v) is 7.35. The van der Waals surface area contributed by atoms with Crippen LogP contribution in [0.4, 0.5) is 0 Å². The molecule has 1 heteroatoms. The Hall–Kier alpha value is -0.480. The SMILES string of the molecule is C#CCCC(C)(O)C1(C)CC1. The van der Waals surface area contributed by atoms with E-state index in [2.05, 4.69) is 12.8 Å². The number of hydrogen-bond acceptors (Lipinski definition) is 1. The van der Waals surface area contributed by atoms with Crippen molar-refractivity contribution in [3.8, 4) is 12.3 Å². The van der Waals surface area contributed by atoms with Gasteiger partial charge in [-0.1, -0.05) is 6.92 Å². The average molecular weight is 152 g/mol. The minimum atomic E-state index is -0.542.